The number of rotatable bonds is 6. The third-order valence-corrected chi connectivity index (χ3v) is 7.33. The summed E-state index contributed by atoms with van der Waals surface area (Å²) in [5.74, 6) is 0.699. The van der Waals surface area contributed by atoms with Gasteiger partial charge in [0.1, 0.15) is 6.61 Å². The number of carbonyl (C=O) groups excluding carboxylic acids is 2. The van der Waals surface area contributed by atoms with E-state index < -0.39 is 0 Å². The summed E-state index contributed by atoms with van der Waals surface area (Å²) in [6, 6.07) is 11.9. The molecule has 1 heterocycles. The van der Waals surface area contributed by atoms with Crippen molar-refractivity contribution in [3.8, 4) is 11.5 Å². The van der Waals surface area contributed by atoms with Gasteiger partial charge in [-0.25, -0.2) is 0 Å². The number of hydrogen-bond donors (Lipinski definition) is 0. The summed E-state index contributed by atoms with van der Waals surface area (Å²) in [7, 11) is 1.59. The normalized spacial score (nSPS) is 25.8. The molecule has 2 fully saturated rings. The van der Waals surface area contributed by atoms with Gasteiger partial charge in [0.25, 0.3) is 11.8 Å². The average Bonchev–Trinajstić information content (AvgIpc) is 3.46. The van der Waals surface area contributed by atoms with E-state index in [1.54, 1.807) is 19.4 Å². The Morgan fingerprint density at radius 2 is 1.75 bits per heavy atom. The van der Waals surface area contributed by atoms with Crippen LogP contribution in [0.25, 0.3) is 0 Å². The van der Waals surface area contributed by atoms with Crippen molar-refractivity contribution in [1.82, 2.24) is 5.01 Å². The van der Waals surface area contributed by atoms with E-state index in [1.807, 2.05) is 25.1 Å². The van der Waals surface area contributed by atoms with E-state index in [9.17, 15) is 9.59 Å². The Morgan fingerprint density at radius 1 is 1.09 bits per heavy atom. The molecule has 6 nitrogen and oxygen atoms in total. The van der Waals surface area contributed by atoms with Crippen molar-refractivity contribution >= 4 is 40.6 Å². The zero-order chi connectivity index (χ0) is 22.4. The summed E-state index contributed by atoms with van der Waals surface area (Å²) < 4.78 is 12.4. The number of fused-ring (bicyclic) bond motifs is 5. The second kappa shape index (κ2) is 8.35. The van der Waals surface area contributed by atoms with Crippen molar-refractivity contribution in [3.63, 3.8) is 0 Å². The van der Waals surface area contributed by atoms with Crippen LogP contribution in [0.5, 0.6) is 11.5 Å². The highest BCUT2D eigenvalue weighted by Gasteiger charge is 2.59. The number of ether oxygens (including phenoxy) is 2. The van der Waals surface area contributed by atoms with Crippen molar-refractivity contribution in [1.29, 1.82) is 0 Å². The molecule has 0 spiro atoms. The van der Waals surface area contributed by atoms with E-state index in [-0.39, 0.29) is 35.5 Å². The molecular formula is C25H23IN2O4. The third kappa shape index (κ3) is 3.62. The van der Waals surface area contributed by atoms with Gasteiger partial charge in [-0.3, -0.25) is 9.59 Å². The second-order valence-electron chi connectivity index (χ2n) is 8.54. The molecule has 2 aromatic rings. The first kappa shape index (κ1) is 21.2. The second-order valence-corrected chi connectivity index (χ2v) is 9.70. The molecule has 4 atom stereocenters. The van der Waals surface area contributed by atoms with Crippen molar-refractivity contribution in [2.24, 2.45) is 28.8 Å². The number of amides is 2. The van der Waals surface area contributed by atoms with Crippen molar-refractivity contribution in [2.75, 3.05) is 7.11 Å². The zero-order valence-electron chi connectivity index (χ0n) is 17.8. The Kier molecular flexibility index (Phi) is 5.53. The van der Waals surface area contributed by atoms with E-state index in [0.717, 1.165) is 26.1 Å². The molecule has 0 N–H and O–H groups in total. The number of nitrogens with zero attached hydrogens (tertiary/aromatic N) is 2. The Balaban J connectivity index is 1.33. The highest BCUT2D eigenvalue weighted by Crippen LogP contribution is 2.52. The highest BCUT2D eigenvalue weighted by molar-refractivity contribution is 14.1. The van der Waals surface area contributed by atoms with Gasteiger partial charge in [-0.15, -0.1) is 0 Å². The third-order valence-electron chi connectivity index (χ3n) is 6.52. The topological polar surface area (TPSA) is 68.2 Å². The molecule has 1 aliphatic heterocycles. The Labute approximate surface area is 200 Å². The van der Waals surface area contributed by atoms with Gasteiger partial charge in [0.15, 0.2) is 11.5 Å². The van der Waals surface area contributed by atoms with Crippen molar-refractivity contribution < 1.29 is 19.1 Å². The number of aryl methyl sites for hydroxylation is 1. The van der Waals surface area contributed by atoms with E-state index in [4.69, 9.17) is 9.47 Å². The minimum absolute atomic E-state index is 0.174. The first-order valence-corrected chi connectivity index (χ1v) is 11.7. The van der Waals surface area contributed by atoms with Crippen LogP contribution in [-0.2, 0) is 16.2 Å². The Morgan fingerprint density at radius 3 is 2.38 bits per heavy atom. The van der Waals surface area contributed by atoms with Crippen LogP contribution in [0.2, 0.25) is 0 Å². The molecule has 1 saturated heterocycles. The molecule has 2 aliphatic carbocycles. The molecule has 0 aromatic heterocycles. The maximum Gasteiger partial charge on any atom is 0.254 e. The first-order chi connectivity index (χ1) is 15.5. The molecule has 5 rings (SSSR count). The van der Waals surface area contributed by atoms with Gasteiger partial charge in [0.05, 0.1) is 28.7 Å². The van der Waals surface area contributed by atoms with Gasteiger partial charge in [0, 0.05) is 0 Å². The first-order valence-electron chi connectivity index (χ1n) is 10.6. The van der Waals surface area contributed by atoms with Gasteiger partial charge in [-0.1, -0.05) is 42.0 Å². The molecule has 1 saturated carbocycles. The quantitative estimate of drug-likeness (QED) is 0.236. The van der Waals surface area contributed by atoms with E-state index >= 15 is 0 Å². The van der Waals surface area contributed by atoms with Crippen molar-refractivity contribution in [3.05, 3.63) is 68.8 Å². The van der Waals surface area contributed by atoms with Crippen LogP contribution in [0, 0.1) is 34.2 Å². The Hall–Kier alpha value is -2.68. The minimum atomic E-state index is -0.248. The molecular weight excluding hydrogens is 519 g/mol. The monoisotopic (exact) mass is 542 g/mol. The fraction of sp³-hybridized carbons (Fsp3) is 0.320. The largest absolute Gasteiger partial charge is 0.493 e. The summed E-state index contributed by atoms with van der Waals surface area (Å²) in [6.07, 6.45) is 6.60. The number of methoxy groups -OCH3 is 1. The molecule has 32 heavy (non-hydrogen) atoms. The standard InChI is InChI=1S/C25H23IN2O4/c1-14-3-5-15(6-4-14)13-32-23-19(26)9-16(10-20(23)31-2)12-27-28-24(29)21-17-7-8-18(11-17)22(21)25(28)30/h3-10,12,17-18,21-22H,11,13H2,1-2H3/t17-,18-,21-,22+/m0/s1. The van der Waals surface area contributed by atoms with Crippen LogP contribution in [0.4, 0.5) is 0 Å². The lowest BCUT2D eigenvalue weighted by Gasteiger charge is -2.14. The summed E-state index contributed by atoms with van der Waals surface area (Å²) >= 11 is 2.19. The lowest BCUT2D eigenvalue weighted by Crippen LogP contribution is -2.28. The molecule has 2 amide bonds. The molecule has 2 aromatic carbocycles. The maximum atomic E-state index is 12.8. The lowest BCUT2D eigenvalue weighted by atomic mass is 9.85. The van der Waals surface area contributed by atoms with Crippen LogP contribution in [0.1, 0.15) is 23.1 Å². The number of allylic oxidation sites excluding steroid dienone is 2. The number of carbonyl (C=O) groups is 2. The van der Waals surface area contributed by atoms with Gasteiger partial charge in [-0.05, 0) is 71.0 Å². The number of benzene rings is 2. The lowest BCUT2D eigenvalue weighted by molar-refractivity contribution is -0.140. The smallest absolute Gasteiger partial charge is 0.254 e. The summed E-state index contributed by atoms with van der Waals surface area (Å²) in [6.45, 7) is 2.48. The summed E-state index contributed by atoms with van der Waals surface area (Å²) in [5, 5.41) is 5.32. The molecule has 7 heteroatoms. The number of hydrogen-bond acceptors (Lipinski definition) is 5. The summed E-state index contributed by atoms with van der Waals surface area (Å²) in [5.41, 5.74) is 3.00. The SMILES string of the molecule is COc1cc(C=NN2C(=O)[C@@H]3[C@H](C2=O)[C@H]2C=C[C@H]3C2)cc(I)c1OCc1ccc(C)cc1. The molecule has 0 unspecified atom stereocenters. The van der Waals surface area contributed by atoms with Crippen molar-refractivity contribution in [2.45, 2.75) is 20.0 Å². The number of hydrazone groups is 1. The number of halogens is 1. The van der Waals surface area contributed by atoms with E-state index in [1.165, 1.54) is 5.56 Å². The minimum Gasteiger partial charge on any atom is -0.493 e. The van der Waals surface area contributed by atoms with Gasteiger partial charge in [-0.2, -0.15) is 10.1 Å². The van der Waals surface area contributed by atoms with Gasteiger partial charge < -0.3 is 9.47 Å². The number of imide groups is 1. The Bertz CT molecular complexity index is 1110. The average molecular weight is 542 g/mol. The summed E-state index contributed by atoms with van der Waals surface area (Å²) in [4.78, 5) is 25.6. The van der Waals surface area contributed by atoms with Crippen LogP contribution < -0.4 is 9.47 Å². The van der Waals surface area contributed by atoms with E-state index in [2.05, 4.69) is 52.0 Å². The van der Waals surface area contributed by atoms with E-state index in [0.29, 0.717) is 18.1 Å². The highest BCUT2D eigenvalue weighted by atomic mass is 127. The molecule has 0 radical (unpaired) electrons. The molecule has 3 aliphatic rings. The van der Waals surface area contributed by atoms with Crippen LogP contribution >= 0.6 is 22.6 Å². The van der Waals surface area contributed by atoms with Crippen LogP contribution in [0.3, 0.4) is 0 Å². The molecule has 2 bridgehead atoms. The zero-order valence-corrected chi connectivity index (χ0v) is 20.0. The van der Waals surface area contributed by atoms with Gasteiger partial charge >= 0.3 is 0 Å². The van der Waals surface area contributed by atoms with Crippen LogP contribution in [0.15, 0.2) is 53.7 Å². The molecule has 164 valence electrons. The predicted molar refractivity (Wildman–Crippen MR) is 128 cm³/mol. The van der Waals surface area contributed by atoms with Crippen LogP contribution in [-0.4, -0.2) is 30.1 Å². The van der Waals surface area contributed by atoms with Gasteiger partial charge in [0.2, 0.25) is 0 Å². The fourth-order valence-electron chi connectivity index (χ4n) is 4.92. The predicted octanol–water partition coefficient (Wildman–Crippen LogP) is 4.33. The fourth-order valence-corrected chi connectivity index (χ4v) is 5.70. The maximum absolute atomic E-state index is 12.8.